The van der Waals surface area contributed by atoms with Gasteiger partial charge in [0.15, 0.2) is 5.58 Å². The average molecular weight is 288 g/mol. The van der Waals surface area contributed by atoms with Crippen molar-refractivity contribution in [2.45, 2.75) is 6.54 Å². The molecule has 0 saturated carbocycles. The molecule has 3 rings (SSSR count). The molecule has 0 aliphatic heterocycles. The van der Waals surface area contributed by atoms with E-state index in [9.17, 15) is 19.3 Å². The molecule has 0 spiro atoms. The Morgan fingerprint density at radius 1 is 1.19 bits per heavy atom. The highest BCUT2D eigenvalue weighted by molar-refractivity contribution is 5.76. The fraction of sp³-hybridized carbons (Fsp3) is 0.0714. The lowest BCUT2D eigenvalue weighted by atomic mass is 10.2. The first-order chi connectivity index (χ1) is 10.0. The average Bonchev–Trinajstić information content (AvgIpc) is 2.77. The summed E-state index contributed by atoms with van der Waals surface area (Å²) in [7, 11) is 0. The second kappa shape index (κ2) is 4.86. The van der Waals surface area contributed by atoms with Crippen LogP contribution in [0.25, 0.3) is 11.1 Å². The molecule has 0 saturated heterocycles. The van der Waals surface area contributed by atoms with E-state index in [2.05, 4.69) is 0 Å². The van der Waals surface area contributed by atoms with Crippen molar-refractivity contribution in [3.63, 3.8) is 0 Å². The van der Waals surface area contributed by atoms with Gasteiger partial charge < -0.3 is 4.42 Å². The molecule has 0 aliphatic carbocycles. The largest absolute Gasteiger partial charge is 0.420 e. The fourth-order valence-electron chi connectivity index (χ4n) is 2.09. The molecule has 1 heterocycles. The topological polar surface area (TPSA) is 78.3 Å². The van der Waals surface area contributed by atoms with Gasteiger partial charge in [0.05, 0.1) is 17.0 Å². The van der Waals surface area contributed by atoms with Crippen LogP contribution in [0.5, 0.6) is 0 Å². The summed E-state index contributed by atoms with van der Waals surface area (Å²) in [5, 5.41) is 10.8. The molecule has 6 nitrogen and oxygen atoms in total. The maximum atomic E-state index is 12.9. The van der Waals surface area contributed by atoms with Crippen molar-refractivity contribution in [1.29, 1.82) is 0 Å². The van der Waals surface area contributed by atoms with E-state index < -0.39 is 10.7 Å². The van der Waals surface area contributed by atoms with E-state index in [1.54, 1.807) is 0 Å². The summed E-state index contributed by atoms with van der Waals surface area (Å²) in [6, 6.07) is 9.58. The number of hydrogen-bond acceptors (Lipinski definition) is 4. The predicted molar refractivity (Wildman–Crippen MR) is 72.6 cm³/mol. The Balaban J connectivity index is 2.10. The molecule has 7 heteroatoms. The number of hydrogen-bond donors (Lipinski definition) is 0. The Morgan fingerprint density at radius 3 is 2.57 bits per heavy atom. The molecule has 0 amide bonds. The lowest BCUT2D eigenvalue weighted by Crippen LogP contribution is -2.14. The molecule has 0 atom stereocenters. The molecule has 0 bridgehead atoms. The number of nitro groups is 1. The second-order valence-corrected chi connectivity index (χ2v) is 4.49. The third-order valence-corrected chi connectivity index (χ3v) is 3.12. The van der Waals surface area contributed by atoms with Crippen LogP contribution in [0, 0.1) is 15.9 Å². The van der Waals surface area contributed by atoms with Crippen molar-refractivity contribution < 1.29 is 13.7 Å². The first kappa shape index (κ1) is 13.0. The van der Waals surface area contributed by atoms with E-state index in [4.69, 9.17) is 4.42 Å². The molecule has 0 radical (unpaired) electrons. The Labute approximate surface area is 117 Å². The highest BCUT2D eigenvalue weighted by Gasteiger charge is 2.14. The van der Waals surface area contributed by atoms with Crippen LogP contribution < -0.4 is 5.76 Å². The Hall–Kier alpha value is -2.96. The maximum absolute atomic E-state index is 12.9. The zero-order valence-electron chi connectivity index (χ0n) is 10.7. The van der Waals surface area contributed by atoms with Crippen LogP contribution in [-0.2, 0) is 6.54 Å². The van der Waals surface area contributed by atoms with Crippen molar-refractivity contribution in [3.8, 4) is 0 Å². The Morgan fingerprint density at radius 2 is 1.90 bits per heavy atom. The van der Waals surface area contributed by atoms with Gasteiger partial charge in [-0.1, -0.05) is 12.1 Å². The standard InChI is InChI=1S/C14H9FN2O4/c15-10-3-1-9(2-4-10)8-16-12-7-11(17(19)20)5-6-13(12)21-14(16)18/h1-7H,8H2. The molecule has 21 heavy (non-hydrogen) atoms. The summed E-state index contributed by atoms with van der Waals surface area (Å²) in [5.41, 5.74) is 1.16. The van der Waals surface area contributed by atoms with Gasteiger partial charge in [0.1, 0.15) is 5.82 Å². The first-order valence-corrected chi connectivity index (χ1v) is 6.07. The zero-order valence-corrected chi connectivity index (χ0v) is 10.7. The van der Waals surface area contributed by atoms with Crippen molar-refractivity contribution in [2.24, 2.45) is 0 Å². The van der Waals surface area contributed by atoms with Gasteiger partial charge in [0.25, 0.3) is 5.69 Å². The third-order valence-electron chi connectivity index (χ3n) is 3.12. The summed E-state index contributed by atoms with van der Waals surface area (Å²) in [6.07, 6.45) is 0. The summed E-state index contributed by atoms with van der Waals surface area (Å²) < 4.78 is 19.2. The van der Waals surface area contributed by atoms with E-state index in [1.165, 1.54) is 47.0 Å². The van der Waals surface area contributed by atoms with E-state index in [1.807, 2.05) is 0 Å². The summed E-state index contributed by atoms with van der Waals surface area (Å²) in [5.74, 6) is -0.992. The van der Waals surface area contributed by atoms with Gasteiger partial charge in [-0.3, -0.25) is 14.7 Å². The van der Waals surface area contributed by atoms with Crippen LogP contribution in [0.15, 0.2) is 51.7 Å². The Kier molecular flexibility index (Phi) is 3.02. The highest BCUT2D eigenvalue weighted by Crippen LogP contribution is 2.20. The van der Waals surface area contributed by atoms with Crippen molar-refractivity contribution in [2.75, 3.05) is 0 Å². The number of oxazole rings is 1. The van der Waals surface area contributed by atoms with Gasteiger partial charge in [0.2, 0.25) is 0 Å². The van der Waals surface area contributed by atoms with Crippen molar-refractivity contribution in [3.05, 3.63) is 74.5 Å². The van der Waals surface area contributed by atoms with Crippen LogP contribution in [0.4, 0.5) is 10.1 Å². The smallest absolute Gasteiger partial charge is 0.408 e. The normalized spacial score (nSPS) is 10.9. The summed E-state index contributed by atoms with van der Waals surface area (Å²) >= 11 is 0. The molecular formula is C14H9FN2O4. The van der Waals surface area contributed by atoms with Crippen LogP contribution in [-0.4, -0.2) is 9.49 Å². The minimum absolute atomic E-state index is 0.129. The Bertz CT molecular complexity index is 880. The summed E-state index contributed by atoms with van der Waals surface area (Å²) in [4.78, 5) is 22.1. The van der Waals surface area contributed by atoms with E-state index in [0.717, 1.165) is 0 Å². The second-order valence-electron chi connectivity index (χ2n) is 4.49. The number of nitro benzene ring substituents is 1. The molecule has 3 aromatic rings. The summed E-state index contributed by atoms with van der Waals surface area (Å²) in [6.45, 7) is 0.146. The minimum atomic E-state index is -0.616. The van der Waals surface area contributed by atoms with E-state index in [-0.39, 0.29) is 23.6 Å². The quantitative estimate of drug-likeness (QED) is 0.548. The number of nitrogens with zero attached hydrogens (tertiary/aromatic N) is 2. The lowest BCUT2D eigenvalue weighted by Gasteiger charge is -2.02. The van der Waals surface area contributed by atoms with Crippen molar-refractivity contribution in [1.82, 2.24) is 4.57 Å². The molecule has 0 fully saturated rings. The SMILES string of the molecule is O=c1oc2ccc([N+](=O)[O-])cc2n1Cc1ccc(F)cc1. The minimum Gasteiger partial charge on any atom is -0.408 e. The highest BCUT2D eigenvalue weighted by atomic mass is 19.1. The number of halogens is 1. The number of benzene rings is 2. The number of aromatic nitrogens is 1. The lowest BCUT2D eigenvalue weighted by molar-refractivity contribution is -0.384. The predicted octanol–water partition coefficient (Wildman–Crippen LogP) is 2.69. The van der Waals surface area contributed by atoms with E-state index >= 15 is 0 Å². The number of fused-ring (bicyclic) bond motifs is 1. The van der Waals surface area contributed by atoms with Gasteiger partial charge in [0, 0.05) is 12.1 Å². The van der Waals surface area contributed by atoms with Crippen molar-refractivity contribution >= 4 is 16.8 Å². The van der Waals surface area contributed by atoms with Crippen LogP contribution >= 0.6 is 0 Å². The van der Waals surface area contributed by atoms with E-state index in [0.29, 0.717) is 11.1 Å². The van der Waals surface area contributed by atoms with Gasteiger partial charge in [-0.25, -0.2) is 9.18 Å². The first-order valence-electron chi connectivity index (χ1n) is 6.07. The molecule has 2 aromatic carbocycles. The van der Waals surface area contributed by atoms with Crippen LogP contribution in [0.3, 0.4) is 0 Å². The number of rotatable bonds is 3. The van der Waals surface area contributed by atoms with Gasteiger partial charge >= 0.3 is 5.76 Å². The molecule has 106 valence electrons. The molecular weight excluding hydrogens is 279 g/mol. The van der Waals surface area contributed by atoms with Gasteiger partial charge in [-0.15, -0.1) is 0 Å². The third kappa shape index (κ3) is 2.40. The number of non-ortho nitro benzene ring substituents is 1. The van der Waals surface area contributed by atoms with Crippen LogP contribution in [0.1, 0.15) is 5.56 Å². The molecule has 1 aromatic heterocycles. The molecule has 0 aliphatic rings. The van der Waals surface area contributed by atoms with Gasteiger partial charge in [-0.2, -0.15) is 0 Å². The zero-order chi connectivity index (χ0) is 15.0. The monoisotopic (exact) mass is 288 g/mol. The fourth-order valence-corrected chi connectivity index (χ4v) is 2.09. The maximum Gasteiger partial charge on any atom is 0.420 e. The van der Waals surface area contributed by atoms with Crippen LogP contribution in [0.2, 0.25) is 0 Å². The molecule has 0 unspecified atom stereocenters. The van der Waals surface area contributed by atoms with Gasteiger partial charge in [-0.05, 0) is 23.8 Å². The molecule has 0 N–H and O–H groups in total.